The Hall–Kier alpha value is -0.500. The molecule has 0 saturated heterocycles. The summed E-state index contributed by atoms with van der Waals surface area (Å²) < 4.78 is 0. The van der Waals surface area contributed by atoms with E-state index in [4.69, 9.17) is 23.2 Å². The van der Waals surface area contributed by atoms with Crippen molar-refractivity contribution >= 4 is 39.1 Å². The summed E-state index contributed by atoms with van der Waals surface area (Å²) >= 11 is 15.8. The molecule has 0 nitrogen and oxygen atoms in total. The van der Waals surface area contributed by atoms with E-state index in [2.05, 4.69) is 47.1 Å². The lowest BCUT2D eigenvalue weighted by Gasteiger charge is -2.12. The zero-order valence-corrected chi connectivity index (χ0v) is 15.2. The minimum absolute atomic E-state index is 0.287. The Morgan fingerprint density at radius 1 is 0.952 bits per heavy atom. The molecule has 0 aliphatic carbocycles. The average molecular weight is 386 g/mol. The molecule has 112 valence electrons. The van der Waals surface area contributed by atoms with Crippen molar-refractivity contribution in [3.8, 4) is 0 Å². The molecular formula is C18H19BrCl2. The molecule has 1 unspecified atom stereocenters. The lowest BCUT2D eigenvalue weighted by Crippen LogP contribution is -1.96. The van der Waals surface area contributed by atoms with Gasteiger partial charge in [-0.2, -0.15) is 0 Å². The molecule has 3 heteroatoms. The predicted molar refractivity (Wildman–Crippen MR) is 96.9 cm³/mol. The van der Waals surface area contributed by atoms with E-state index in [-0.39, 0.29) is 4.83 Å². The SMILES string of the molecule is CCCCc1ccc(C(Br)Cc2ccc(Cl)c(Cl)c2)cc1. The number of alkyl halides is 1. The fourth-order valence-corrected chi connectivity index (χ4v) is 3.27. The van der Waals surface area contributed by atoms with Crippen molar-refractivity contribution in [1.29, 1.82) is 0 Å². The molecule has 0 heterocycles. The number of halogens is 3. The predicted octanol–water partition coefficient (Wildman–Crippen LogP) is 7.01. The van der Waals surface area contributed by atoms with Crippen LogP contribution in [-0.4, -0.2) is 0 Å². The van der Waals surface area contributed by atoms with Crippen LogP contribution in [0.4, 0.5) is 0 Å². The lowest BCUT2D eigenvalue weighted by molar-refractivity contribution is 0.794. The third-order valence-electron chi connectivity index (χ3n) is 3.56. The van der Waals surface area contributed by atoms with Crippen LogP contribution >= 0.6 is 39.1 Å². The van der Waals surface area contributed by atoms with E-state index in [0.29, 0.717) is 10.0 Å². The van der Waals surface area contributed by atoms with Gasteiger partial charge in [-0.1, -0.05) is 82.8 Å². The topological polar surface area (TPSA) is 0 Å². The van der Waals surface area contributed by atoms with Crippen LogP contribution in [-0.2, 0) is 12.8 Å². The highest BCUT2D eigenvalue weighted by molar-refractivity contribution is 9.09. The highest BCUT2D eigenvalue weighted by Crippen LogP contribution is 2.30. The molecule has 0 fully saturated rings. The van der Waals surface area contributed by atoms with Crippen LogP contribution in [0, 0.1) is 0 Å². The monoisotopic (exact) mass is 384 g/mol. The van der Waals surface area contributed by atoms with E-state index in [1.54, 1.807) is 0 Å². The summed E-state index contributed by atoms with van der Waals surface area (Å²) in [5, 5.41) is 1.22. The van der Waals surface area contributed by atoms with Crippen molar-refractivity contribution in [2.75, 3.05) is 0 Å². The summed E-state index contributed by atoms with van der Waals surface area (Å²) in [4.78, 5) is 0.287. The van der Waals surface area contributed by atoms with Gasteiger partial charge in [-0.05, 0) is 48.1 Å². The van der Waals surface area contributed by atoms with Crippen molar-refractivity contribution in [1.82, 2.24) is 0 Å². The molecular weight excluding hydrogens is 367 g/mol. The Labute approximate surface area is 145 Å². The van der Waals surface area contributed by atoms with E-state index in [1.165, 1.54) is 29.5 Å². The molecule has 0 saturated carbocycles. The van der Waals surface area contributed by atoms with Gasteiger partial charge in [0, 0.05) is 4.83 Å². The molecule has 0 N–H and O–H groups in total. The first kappa shape index (κ1) is 16.9. The molecule has 0 aliphatic rings. The maximum absolute atomic E-state index is 6.07. The fourth-order valence-electron chi connectivity index (χ4n) is 2.27. The van der Waals surface area contributed by atoms with Crippen molar-refractivity contribution in [2.45, 2.75) is 37.4 Å². The highest BCUT2D eigenvalue weighted by atomic mass is 79.9. The van der Waals surface area contributed by atoms with E-state index in [1.807, 2.05) is 18.2 Å². The van der Waals surface area contributed by atoms with E-state index >= 15 is 0 Å². The van der Waals surface area contributed by atoms with Gasteiger partial charge >= 0.3 is 0 Å². The summed E-state index contributed by atoms with van der Waals surface area (Å²) in [6, 6.07) is 14.7. The maximum Gasteiger partial charge on any atom is 0.0595 e. The molecule has 0 bridgehead atoms. The van der Waals surface area contributed by atoms with Crippen LogP contribution in [0.5, 0.6) is 0 Å². The molecule has 21 heavy (non-hydrogen) atoms. The normalized spacial score (nSPS) is 12.4. The van der Waals surface area contributed by atoms with Gasteiger partial charge in [-0.25, -0.2) is 0 Å². The number of benzene rings is 2. The zero-order chi connectivity index (χ0) is 15.2. The molecule has 2 aromatic carbocycles. The number of hydrogen-bond acceptors (Lipinski definition) is 0. The van der Waals surface area contributed by atoms with Crippen LogP contribution in [0.1, 0.15) is 41.3 Å². The van der Waals surface area contributed by atoms with E-state index < -0.39 is 0 Å². The lowest BCUT2D eigenvalue weighted by atomic mass is 10.0. The largest absolute Gasteiger partial charge is 0.0835 e. The van der Waals surface area contributed by atoms with Crippen LogP contribution in [0.25, 0.3) is 0 Å². The van der Waals surface area contributed by atoms with Crippen molar-refractivity contribution in [3.05, 3.63) is 69.2 Å². The Morgan fingerprint density at radius 3 is 2.24 bits per heavy atom. The number of unbranched alkanes of at least 4 members (excludes halogenated alkanes) is 1. The fraction of sp³-hybridized carbons (Fsp3) is 0.333. The highest BCUT2D eigenvalue weighted by Gasteiger charge is 2.10. The molecule has 0 aromatic heterocycles. The molecule has 0 amide bonds. The second-order valence-corrected chi connectivity index (χ2v) is 7.18. The van der Waals surface area contributed by atoms with Gasteiger partial charge in [0.2, 0.25) is 0 Å². The summed E-state index contributed by atoms with van der Waals surface area (Å²) in [5.41, 5.74) is 3.89. The van der Waals surface area contributed by atoms with Crippen LogP contribution in [0.3, 0.4) is 0 Å². The third-order valence-corrected chi connectivity index (χ3v) is 5.15. The summed E-state index contributed by atoms with van der Waals surface area (Å²) in [6.07, 6.45) is 4.54. The molecule has 1 atom stereocenters. The summed E-state index contributed by atoms with van der Waals surface area (Å²) in [7, 11) is 0. The summed E-state index contributed by atoms with van der Waals surface area (Å²) in [5.74, 6) is 0. The van der Waals surface area contributed by atoms with Crippen LogP contribution < -0.4 is 0 Å². The number of aryl methyl sites for hydroxylation is 1. The van der Waals surface area contributed by atoms with Crippen LogP contribution in [0.2, 0.25) is 10.0 Å². The smallest absolute Gasteiger partial charge is 0.0595 e. The zero-order valence-electron chi connectivity index (χ0n) is 12.1. The first-order valence-corrected chi connectivity index (χ1v) is 8.94. The van der Waals surface area contributed by atoms with Crippen molar-refractivity contribution < 1.29 is 0 Å². The molecule has 0 aliphatic heterocycles. The quantitative estimate of drug-likeness (QED) is 0.469. The Bertz CT molecular complexity index is 578. The molecule has 2 rings (SSSR count). The van der Waals surface area contributed by atoms with Gasteiger partial charge in [0.15, 0.2) is 0 Å². The van der Waals surface area contributed by atoms with Crippen LogP contribution in [0.15, 0.2) is 42.5 Å². The first-order chi connectivity index (χ1) is 10.1. The number of rotatable bonds is 6. The molecule has 0 spiro atoms. The van der Waals surface area contributed by atoms with Gasteiger partial charge < -0.3 is 0 Å². The van der Waals surface area contributed by atoms with Gasteiger partial charge in [0.1, 0.15) is 0 Å². The average Bonchev–Trinajstić information content (AvgIpc) is 2.49. The van der Waals surface area contributed by atoms with Gasteiger partial charge in [0.05, 0.1) is 10.0 Å². The molecule has 2 aromatic rings. The Morgan fingerprint density at radius 2 is 1.62 bits per heavy atom. The van der Waals surface area contributed by atoms with E-state index in [0.717, 1.165) is 12.8 Å². The summed E-state index contributed by atoms with van der Waals surface area (Å²) in [6.45, 7) is 2.22. The Balaban J connectivity index is 2.02. The van der Waals surface area contributed by atoms with Crippen molar-refractivity contribution in [2.24, 2.45) is 0 Å². The minimum atomic E-state index is 0.287. The standard InChI is InChI=1S/C18H19BrCl2/c1-2-3-4-13-5-8-15(9-6-13)16(19)11-14-7-10-17(20)18(21)12-14/h5-10,12,16H,2-4,11H2,1H3. The number of hydrogen-bond donors (Lipinski definition) is 0. The second kappa shape index (κ2) is 8.22. The minimum Gasteiger partial charge on any atom is -0.0835 e. The third kappa shape index (κ3) is 5.02. The maximum atomic E-state index is 6.07. The Kier molecular flexibility index (Phi) is 6.60. The molecule has 0 radical (unpaired) electrons. The van der Waals surface area contributed by atoms with Gasteiger partial charge in [-0.15, -0.1) is 0 Å². The van der Waals surface area contributed by atoms with Crippen molar-refractivity contribution in [3.63, 3.8) is 0 Å². The van der Waals surface area contributed by atoms with E-state index in [9.17, 15) is 0 Å². The first-order valence-electron chi connectivity index (χ1n) is 7.27. The van der Waals surface area contributed by atoms with Gasteiger partial charge in [-0.3, -0.25) is 0 Å². The second-order valence-electron chi connectivity index (χ2n) is 5.27. The van der Waals surface area contributed by atoms with Gasteiger partial charge in [0.25, 0.3) is 0 Å².